The number of nitriles is 1. The Morgan fingerprint density at radius 3 is 2.67 bits per heavy atom. The second-order valence-electron chi connectivity index (χ2n) is 11.0. The predicted octanol–water partition coefficient (Wildman–Crippen LogP) is 6.94. The normalized spacial score (nSPS) is 16.3. The zero-order chi connectivity index (χ0) is 30.4. The van der Waals surface area contributed by atoms with Crippen LogP contribution >= 0.6 is 27.5 Å². The summed E-state index contributed by atoms with van der Waals surface area (Å²) in [5.41, 5.74) is 1.10. The van der Waals surface area contributed by atoms with Crippen molar-refractivity contribution in [2.45, 2.75) is 44.8 Å². The molecule has 5 rings (SSSR count). The average molecular weight is 675 g/mol. The number of piperidine rings is 1. The molecule has 2 fully saturated rings. The zero-order valence-electron chi connectivity index (χ0n) is 23.3. The summed E-state index contributed by atoms with van der Waals surface area (Å²) < 4.78 is 41.1. The van der Waals surface area contributed by atoms with Crippen molar-refractivity contribution in [1.29, 1.82) is 5.26 Å². The second-order valence-corrected chi connectivity index (χ2v) is 12.3. The van der Waals surface area contributed by atoms with E-state index in [0.717, 1.165) is 12.8 Å². The molecule has 12 heteroatoms. The van der Waals surface area contributed by atoms with Crippen LogP contribution in [0.4, 0.5) is 20.2 Å². The molecular formula is C31H31BrClF2N5O3. The maximum absolute atomic E-state index is 14.9. The first kappa shape index (κ1) is 31.0. The molecule has 1 saturated heterocycles. The first-order valence-corrected chi connectivity index (χ1v) is 15.2. The summed E-state index contributed by atoms with van der Waals surface area (Å²) >= 11 is 9.11. The molecule has 0 atom stereocenters. The van der Waals surface area contributed by atoms with Gasteiger partial charge in [-0.25, -0.2) is 13.8 Å². The molecular weight excluding hydrogens is 644 g/mol. The summed E-state index contributed by atoms with van der Waals surface area (Å²) in [5.74, 6) is -0.860. The van der Waals surface area contributed by atoms with Gasteiger partial charge in [0.25, 0.3) is 0 Å². The number of anilines is 2. The Morgan fingerprint density at radius 2 is 1.95 bits per heavy atom. The molecule has 2 aliphatic rings. The van der Waals surface area contributed by atoms with Crippen molar-refractivity contribution in [3.8, 4) is 17.7 Å². The largest absolute Gasteiger partial charge is 0.484 e. The summed E-state index contributed by atoms with van der Waals surface area (Å²) in [4.78, 5) is 19.4. The van der Waals surface area contributed by atoms with Gasteiger partial charge in [-0.15, -0.1) is 0 Å². The number of ether oxygens (including phenoxy) is 2. The quantitative estimate of drug-likeness (QED) is 0.215. The van der Waals surface area contributed by atoms with Crippen LogP contribution in [-0.4, -0.2) is 48.1 Å². The number of carbonyl (C=O) groups excluding carboxylic acids is 1. The predicted molar refractivity (Wildman–Crippen MR) is 163 cm³/mol. The fourth-order valence-electron chi connectivity index (χ4n) is 4.97. The number of pyridine rings is 1. The molecule has 1 aliphatic heterocycles. The standard InChI is InChI=1S/C31H31BrClF2N5O3/c32-20-14-25(35)30(26(15-20)37-19-31(8-9-31)10-11-36)39-28(41)17-40-12-6-23(7-13-40)43-29-3-1-2-22(38-29)18-42-27-5-4-21(33)16-24(27)34/h1-5,14-16,23,37H,6-10,12-13,17-19H2,(H,39,41). The van der Waals surface area contributed by atoms with Crippen molar-refractivity contribution in [3.05, 3.63) is 75.4 Å². The van der Waals surface area contributed by atoms with Crippen LogP contribution in [0, 0.1) is 28.4 Å². The van der Waals surface area contributed by atoms with E-state index in [-0.39, 0.29) is 42.0 Å². The summed E-state index contributed by atoms with van der Waals surface area (Å²) in [6, 6.07) is 14.8. The van der Waals surface area contributed by atoms with Crippen molar-refractivity contribution >= 4 is 44.8 Å². The zero-order valence-corrected chi connectivity index (χ0v) is 25.7. The lowest BCUT2D eigenvalue weighted by atomic mass is 10.0. The number of hydrogen-bond donors (Lipinski definition) is 2. The smallest absolute Gasteiger partial charge is 0.238 e. The van der Waals surface area contributed by atoms with Crippen molar-refractivity contribution in [1.82, 2.24) is 9.88 Å². The van der Waals surface area contributed by atoms with E-state index in [1.54, 1.807) is 30.3 Å². The van der Waals surface area contributed by atoms with E-state index in [0.29, 0.717) is 65.7 Å². The summed E-state index contributed by atoms with van der Waals surface area (Å²) in [5, 5.41) is 15.4. The van der Waals surface area contributed by atoms with Crippen LogP contribution < -0.4 is 20.1 Å². The highest BCUT2D eigenvalue weighted by molar-refractivity contribution is 9.10. The lowest BCUT2D eigenvalue weighted by molar-refractivity contribution is -0.117. The van der Waals surface area contributed by atoms with Crippen LogP contribution in [0.2, 0.25) is 5.02 Å². The molecule has 1 saturated carbocycles. The minimum atomic E-state index is -0.544. The highest BCUT2D eigenvalue weighted by Crippen LogP contribution is 2.48. The van der Waals surface area contributed by atoms with Gasteiger partial charge >= 0.3 is 0 Å². The minimum absolute atomic E-state index is 0.0697. The van der Waals surface area contributed by atoms with Gasteiger partial charge in [0.2, 0.25) is 11.8 Å². The first-order chi connectivity index (χ1) is 20.7. The number of likely N-dealkylation sites (tertiary alicyclic amines) is 1. The molecule has 1 aliphatic carbocycles. The second kappa shape index (κ2) is 13.9. The van der Waals surface area contributed by atoms with Crippen molar-refractivity contribution in [2.75, 3.05) is 36.8 Å². The first-order valence-electron chi connectivity index (χ1n) is 14.0. The topological polar surface area (TPSA) is 99.5 Å². The lowest BCUT2D eigenvalue weighted by Gasteiger charge is -2.31. The van der Waals surface area contributed by atoms with Gasteiger partial charge in [0.05, 0.1) is 24.0 Å². The van der Waals surface area contributed by atoms with E-state index in [9.17, 15) is 13.6 Å². The fraction of sp³-hybridized carbons (Fsp3) is 0.387. The maximum Gasteiger partial charge on any atom is 0.238 e. The van der Waals surface area contributed by atoms with E-state index in [2.05, 4.69) is 37.6 Å². The van der Waals surface area contributed by atoms with Crippen LogP contribution in [-0.2, 0) is 11.4 Å². The van der Waals surface area contributed by atoms with Gasteiger partial charge in [-0.1, -0.05) is 33.6 Å². The number of halogens is 4. The number of amides is 1. The van der Waals surface area contributed by atoms with Gasteiger partial charge in [0.1, 0.15) is 24.2 Å². The molecule has 8 nitrogen and oxygen atoms in total. The number of nitrogens with one attached hydrogen (secondary N) is 2. The summed E-state index contributed by atoms with van der Waals surface area (Å²) in [6.07, 6.45) is 3.64. The van der Waals surface area contributed by atoms with Crippen LogP contribution in [0.15, 0.2) is 53.0 Å². The molecule has 1 aromatic heterocycles. The average Bonchev–Trinajstić information content (AvgIpc) is 3.74. The Bertz CT molecular complexity index is 1510. The number of hydrogen-bond acceptors (Lipinski definition) is 7. The van der Waals surface area contributed by atoms with Crippen LogP contribution in [0.5, 0.6) is 11.6 Å². The van der Waals surface area contributed by atoms with Crippen molar-refractivity contribution < 1.29 is 23.0 Å². The number of benzene rings is 2. The molecule has 2 heterocycles. The lowest BCUT2D eigenvalue weighted by Crippen LogP contribution is -2.42. The third-order valence-electron chi connectivity index (χ3n) is 7.62. The highest BCUT2D eigenvalue weighted by atomic mass is 79.9. The van der Waals surface area contributed by atoms with Gasteiger partial charge in [-0.05, 0) is 62.1 Å². The highest BCUT2D eigenvalue weighted by Gasteiger charge is 2.42. The van der Waals surface area contributed by atoms with E-state index < -0.39 is 11.6 Å². The van der Waals surface area contributed by atoms with Gasteiger partial charge in [0.15, 0.2) is 11.6 Å². The fourth-order valence-corrected chi connectivity index (χ4v) is 5.56. The van der Waals surface area contributed by atoms with Gasteiger partial charge in [-0.2, -0.15) is 5.26 Å². The van der Waals surface area contributed by atoms with Crippen LogP contribution in [0.25, 0.3) is 0 Å². The monoisotopic (exact) mass is 673 g/mol. The van der Waals surface area contributed by atoms with Crippen LogP contribution in [0.1, 0.15) is 37.8 Å². The molecule has 0 spiro atoms. The molecule has 3 aromatic rings. The molecule has 0 radical (unpaired) electrons. The molecule has 2 aromatic carbocycles. The van der Waals surface area contributed by atoms with E-state index >= 15 is 0 Å². The Kier molecular flexibility index (Phi) is 10.0. The third kappa shape index (κ3) is 8.56. The van der Waals surface area contributed by atoms with Crippen molar-refractivity contribution in [3.63, 3.8) is 0 Å². The molecule has 226 valence electrons. The molecule has 0 unspecified atom stereocenters. The van der Waals surface area contributed by atoms with E-state index in [1.807, 2.05) is 4.90 Å². The molecule has 0 bridgehead atoms. The SMILES string of the molecule is N#CCC1(CNc2cc(Br)cc(F)c2NC(=O)CN2CCC(Oc3cccc(COc4ccc(Cl)cc4F)n3)CC2)CC1. The number of rotatable bonds is 12. The number of nitrogens with zero attached hydrogens (tertiary/aromatic N) is 3. The van der Waals surface area contributed by atoms with Crippen LogP contribution in [0.3, 0.4) is 0 Å². The Hall–Kier alpha value is -3.46. The summed E-state index contributed by atoms with van der Waals surface area (Å²) in [7, 11) is 0. The van der Waals surface area contributed by atoms with Gasteiger partial charge in [-0.3, -0.25) is 9.69 Å². The van der Waals surface area contributed by atoms with E-state index in [1.165, 1.54) is 18.2 Å². The number of aromatic nitrogens is 1. The number of carbonyl (C=O) groups is 1. The Labute approximate surface area is 262 Å². The Morgan fingerprint density at radius 1 is 1.16 bits per heavy atom. The molecule has 1 amide bonds. The van der Waals surface area contributed by atoms with Gasteiger partial charge < -0.3 is 20.1 Å². The van der Waals surface area contributed by atoms with Crippen molar-refractivity contribution in [2.24, 2.45) is 5.41 Å². The summed E-state index contributed by atoms with van der Waals surface area (Å²) in [6.45, 7) is 1.98. The van der Waals surface area contributed by atoms with E-state index in [4.69, 9.17) is 26.3 Å². The third-order valence-corrected chi connectivity index (χ3v) is 8.32. The Balaban J connectivity index is 1.09. The molecule has 2 N–H and O–H groups in total. The maximum atomic E-state index is 14.9. The van der Waals surface area contributed by atoms with Gasteiger partial charge in [0, 0.05) is 47.0 Å². The minimum Gasteiger partial charge on any atom is -0.484 e. The molecule has 43 heavy (non-hydrogen) atoms.